The highest BCUT2D eigenvalue weighted by molar-refractivity contribution is 9.10. The van der Waals surface area contributed by atoms with Crippen LogP contribution in [0.5, 0.6) is 5.75 Å². The normalized spacial score (nSPS) is 13.6. The smallest absolute Gasteiger partial charge is 0.471 e. The molecule has 0 saturated heterocycles. The first-order valence-electron chi connectivity index (χ1n) is 9.01. The van der Waals surface area contributed by atoms with Crippen molar-refractivity contribution in [2.24, 2.45) is 0 Å². The van der Waals surface area contributed by atoms with E-state index in [0.717, 1.165) is 5.56 Å². The standard InChI is InChI=1S/C20H17BrClF3N2O3/c1-2-30-16-6-4-12(9-14(16)21)18(28)26-15-5-3-11-7-8-27(10-13(11)17(15)22)19(29)20(23,24)25/h3-6,9H,2,7-8,10H2,1H3,(H,26,28). The zero-order chi connectivity index (χ0) is 22.1. The molecule has 2 aromatic rings. The molecule has 3 rings (SSSR count). The fourth-order valence-electron chi connectivity index (χ4n) is 3.15. The summed E-state index contributed by atoms with van der Waals surface area (Å²) in [6, 6.07) is 8.12. The van der Waals surface area contributed by atoms with Crippen LogP contribution in [0.1, 0.15) is 28.4 Å². The molecule has 1 heterocycles. The molecular formula is C20H17BrClF3N2O3. The van der Waals surface area contributed by atoms with E-state index >= 15 is 0 Å². The summed E-state index contributed by atoms with van der Waals surface area (Å²) in [7, 11) is 0. The number of amides is 2. The van der Waals surface area contributed by atoms with E-state index < -0.39 is 18.0 Å². The van der Waals surface area contributed by atoms with Crippen molar-refractivity contribution in [1.82, 2.24) is 4.90 Å². The van der Waals surface area contributed by atoms with Crippen molar-refractivity contribution in [3.8, 4) is 5.75 Å². The predicted molar refractivity (Wildman–Crippen MR) is 110 cm³/mol. The second-order valence-electron chi connectivity index (χ2n) is 6.57. The van der Waals surface area contributed by atoms with E-state index in [4.69, 9.17) is 16.3 Å². The van der Waals surface area contributed by atoms with Gasteiger partial charge in [-0.1, -0.05) is 17.7 Å². The minimum atomic E-state index is -4.95. The molecule has 0 aliphatic carbocycles. The van der Waals surface area contributed by atoms with E-state index in [0.29, 0.717) is 32.9 Å². The molecule has 5 nitrogen and oxygen atoms in total. The molecule has 0 bridgehead atoms. The largest absolute Gasteiger partial charge is 0.493 e. The molecule has 1 aliphatic rings. The van der Waals surface area contributed by atoms with Crippen molar-refractivity contribution in [2.45, 2.75) is 26.1 Å². The third-order valence-corrected chi connectivity index (χ3v) is 5.66. The van der Waals surface area contributed by atoms with E-state index in [2.05, 4.69) is 21.2 Å². The Bertz CT molecular complexity index is 998. The highest BCUT2D eigenvalue weighted by Crippen LogP contribution is 2.34. The molecule has 0 saturated carbocycles. The molecule has 10 heteroatoms. The molecule has 2 amide bonds. The Morgan fingerprint density at radius 3 is 2.63 bits per heavy atom. The molecule has 1 aliphatic heterocycles. The number of carbonyl (C=O) groups excluding carboxylic acids is 2. The van der Waals surface area contributed by atoms with Crippen LogP contribution in [0, 0.1) is 0 Å². The van der Waals surface area contributed by atoms with Crippen molar-refractivity contribution < 1.29 is 27.5 Å². The SMILES string of the molecule is CCOc1ccc(C(=O)Nc2ccc3c(c2Cl)CN(C(=O)C(F)(F)F)CC3)cc1Br. The fraction of sp³-hybridized carbons (Fsp3) is 0.300. The molecule has 0 spiro atoms. The van der Waals surface area contributed by atoms with Crippen molar-refractivity contribution >= 4 is 45.0 Å². The number of halogens is 5. The van der Waals surface area contributed by atoms with Crippen LogP contribution >= 0.6 is 27.5 Å². The molecule has 0 aromatic heterocycles. The minimum Gasteiger partial charge on any atom is -0.493 e. The first-order chi connectivity index (χ1) is 14.1. The summed E-state index contributed by atoms with van der Waals surface area (Å²) in [6.07, 6.45) is -4.70. The number of carbonyl (C=O) groups is 2. The number of nitrogens with zero attached hydrogens (tertiary/aromatic N) is 1. The van der Waals surface area contributed by atoms with E-state index in [1.807, 2.05) is 6.92 Å². The van der Waals surface area contributed by atoms with Gasteiger partial charge in [0, 0.05) is 18.7 Å². The first kappa shape index (κ1) is 22.4. The Labute approximate surface area is 184 Å². The Balaban J connectivity index is 1.81. The molecular weight excluding hydrogens is 489 g/mol. The summed E-state index contributed by atoms with van der Waals surface area (Å²) in [5.74, 6) is -1.76. The lowest BCUT2D eigenvalue weighted by atomic mass is 9.98. The van der Waals surface area contributed by atoms with Crippen LogP contribution in [0.4, 0.5) is 18.9 Å². The van der Waals surface area contributed by atoms with Gasteiger partial charge in [-0.2, -0.15) is 13.2 Å². The number of benzene rings is 2. The van der Waals surface area contributed by atoms with Gasteiger partial charge in [0.15, 0.2) is 0 Å². The Morgan fingerprint density at radius 1 is 1.27 bits per heavy atom. The molecule has 30 heavy (non-hydrogen) atoms. The summed E-state index contributed by atoms with van der Waals surface area (Å²) >= 11 is 9.72. The van der Waals surface area contributed by atoms with Crippen LogP contribution in [0.15, 0.2) is 34.8 Å². The van der Waals surface area contributed by atoms with Crippen LogP contribution in [0.25, 0.3) is 0 Å². The van der Waals surface area contributed by atoms with Gasteiger partial charge in [-0.05, 0) is 64.7 Å². The van der Waals surface area contributed by atoms with Gasteiger partial charge >= 0.3 is 12.1 Å². The highest BCUT2D eigenvalue weighted by atomic mass is 79.9. The van der Waals surface area contributed by atoms with Crippen LogP contribution < -0.4 is 10.1 Å². The Hall–Kier alpha value is -2.26. The maximum absolute atomic E-state index is 12.8. The van der Waals surface area contributed by atoms with Gasteiger partial charge in [0.05, 0.1) is 21.8 Å². The number of rotatable bonds is 4. The molecule has 0 atom stereocenters. The van der Waals surface area contributed by atoms with Gasteiger partial charge in [-0.25, -0.2) is 0 Å². The maximum Gasteiger partial charge on any atom is 0.471 e. The van der Waals surface area contributed by atoms with Gasteiger partial charge in [0.25, 0.3) is 5.91 Å². The van der Waals surface area contributed by atoms with Crippen molar-refractivity contribution in [3.63, 3.8) is 0 Å². The maximum atomic E-state index is 12.8. The van der Waals surface area contributed by atoms with Gasteiger partial charge < -0.3 is 15.0 Å². The van der Waals surface area contributed by atoms with Crippen molar-refractivity contribution in [2.75, 3.05) is 18.5 Å². The lowest BCUT2D eigenvalue weighted by Crippen LogP contribution is -2.43. The predicted octanol–water partition coefficient (Wildman–Crippen LogP) is 5.20. The lowest BCUT2D eigenvalue weighted by molar-refractivity contribution is -0.186. The molecule has 0 fully saturated rings. The molecule has 0 unspecified atom stereocenters. The van der Waals surface area contributed by atoms with Gasteiger partial charge in [0.2, 0.25) is 0 Å². The number of nitrogens with one attached hydrogen (secondary N) is 1. The van der Waals surface area contributed by atoms with Gasteiger partial charge in [-0.3, -0.25) is 9.59 Å². The van der Waals surface area contributed by atoms with Gasteiger partial charge in [-0.15, -0.1) is 0 Å². The lowest BCUT2D eigenvalue weighted by Gasteiger charge is -2.30. The van der Waals surface area contributed by atoms with Crippen molar-refractivity contribution in [1.29, 1.82) is 0 Å². The second kappa shape index (κ2) is 8.85. The molecule has 0 radical (unpaired) electrons. The third-order valence-electron chi connectivity index (χ3n) is 4.61. The quantitative estimate of drug-likeness (QED) is 0.621. The number of anilines is 1. The average Bonchev–Trinajstić information content (AvgIpc) is 2.70. The number of ether oxygens (including phenoxy) is 1. The summed E-state index contributed by atoms with van der Waals surface area (Å²) in [5.41, 5.74) is 1.74. The van der Waals surface area contributed by atoms with Gasteiger partial charge in [0.1, 0.15) is 5.75 Å². The summed E-state index contributed by atoms with van der Waals surface area (Å²) in [4.78, 5) is 24.9. The number of hydrogen-bond donors (Lipinski definition) is 1. The average molecular weight is 506 g/mol. The van der Waals surface area contributed by atoms with E-state index in [-0.39, 0.29) is 30.2 Å². The van der Waals surface area contributed by atoms with E-state index in [1.54, 1.807) is 30.3 Å². The van der Waals surface area contributed by atoms with Crippen LogP contribution in [0.2, 0.25) is 5.02 Å². The summed E-state index contributed by atoms with van der Waals surface area (Å²) in [6.45, 7) is 2.00. The number of alkyl halides is 3. The van der Waals surface area contributed by atoms with Crippen molar-refractivity contribution in [3.05, 3.63) is 56.5 Å². The number of hydrogen-bond acceptors (Lipinski definition) is 3. The zero-order valence-electron chi connectivity index (χ0n) is 15.8. The van der Waals surface area contributed by atoms with Crippen LogP contribution in [-0.2, 0) is 17.8 Å². The van der Waals surface area contributed by atoms with E-state index in [9.17, 15) is 22.8 Å². The highest BCUT2D eigenvalue weighted by Gasteiger charge is 2.43. The van der Waals surface area contributed by atoms with E-state index in [1.165, 1.54) is 0 Å². The molecule has 1 N–H and O–H groups in total. The topological polar surface area (TPSA) is 58.6 Å². The Kier molecular flexibility index (Phi) is 6.62. The van der Waals surface area contributed by atoms with Crippen LogP contribution in [-0.4, -0.2) is 36.0 Å². The minimum absolute atomic E-state index is 0.0480. The third kappa shape index (κ3) is 4.73. The zero-order valence-corrected chi connectivity index (χ0v) is 18.1. The molecule has 160 valence electrons. The fourth-order valence-corrected chi connectivity index (χ4v) is 3.93. The second-order valence-corrected chi connectivity index (χ2v) is 7.80. The van der Waals surface area contributed by atoms with Crippen LogP contribution in [0.3, 0.4) is 0 Å². The monoisotopic (exact) mass is 504 g/mol. The number of fused-ring (bicyclic) bond motifs is 1. The Morgan fingerprint density at radius 2 is 2.00 bits per heavy atom. The summed E-state index contributed by atoms with van der Waals surface area (Å²) < 4.78 is 44.3. The first-order valence-corrected chi connectivity index (χ1v) is 10.2. The summed E-state index contributed by atoms with van der Waals surface area (Å²) in [5, 5.41) is 2.79. The molecule has 2 aromatic carbocycles.